The summed E-state index contributed by atoms with van der Waals surface area (Å²) in [5.41, 5.74) is 2.76. The van der Waals surface area contributed by atoms with Crippen LogP contribution >= 0.6 is 0 Å². The van der Waals surface area contributed by atoms with E-state index >= 15 is 0 Å². The van der Waals surface area contributed by atoms with Crippen LogP contribution in [0.5, 0.6) is 11.5 Å². The molecule has 4 heterocycles. The average molecular weight is 488 g/mol. The Morgan fingerprint density at radius 1 is 0.972 bits per heavy atom. The Balaban J connectivity index is 1.41. The van der Waals surface area contributed by atoms with E-state index in [4.69, 9.17) is 24.5 Å². The highest BCUT2D eigenvalue weighted by Gasteiger charge is 2.24. The number of nitrogens with one attached hydrogen (secondary N) is 1. The van der Waals surface area contributed by atoms with Crippen LogP contribution in [0.1, 0.15) is 38.0 Å². The van der Waals surface area contributed by atoms with Crippen LogP contribution in [0.4, 0.5) is 5.82 Å². The standard InChI is InChI=1S/C27H33N7O2/c1-18-15-19(2)33(31-18)14-13-25-29-26(21-9-8-12-24(28-21)30-27(3,4)5)32-34(25)16-20-17-35-22-10-6-7-11-23(22)36-20/h6-12,15,20H,13-14,16-17H2,1-5H3,(H,28,30). The molecule has 9 nitrogen and oxygen atoms in total. The molecule has 1 atom stereocenters. The first kappa shape index (κ1) is 23.8. The molecular formula is C27H33N7O2. The summed E-state index contributed by atoms with van der Waals surface area (Å²) in [5, 5.41) is 12.9. The maximum Gasteiger partial charge on any atom is 0.200 e. The molecule has 0 aliphatic carbocycles. The number of aromatic nitrogens is 6. The van der Waals surface area contributed by atoms with Gasteiger partial charge in [-0.3, -0.25) is 4.68 Å². The van der Waals surface area contributed by atoms with Crippen LogP contribution < -0.4 is 14.8 Å². The number of fused-ring (bicyclic) bond motifs is 1. The Bertz CT molecular complexity index is 1350. The second-order valence-electron chi connectivity index (χ2n) is 10.2. The van der Waals surface area contributed by atoms with Gasteiger partial charge >= 0.3 is 0 Å². The number of hydrogen-bond donors (Lipinski definition) is 1. The fraction of sp³-hybridized carbons (Fsp3) is 0.407. The monoisotopic (exact) mass is 487 g/mol. The molecule has 0 bridgehead atoms. The molecule has 1 N–H and O–H groups in total. The molecule has 0 fully saturated rings. The fourth-order valence-electron chi connectivity index (χ4n) is 4.28. The van der Waals surface area contributed by atoms with E-state index in [1.165, 1.54) is 0 Å². The number of rotatable bonds is 7. The van der Waals surface area contributed by atoms with E-state index in [1.807, 2.05) is 58.8 Å². The Kier molecular flexibility index (Phi) is 6.38. The Hall–Kier alpha value is -3.88. The van der Waals surface area contributed by atoms with E-state index in [0.29, 0.717) is 31.9 Å². The first-order valence-electron chi connectivity index (χ1n) is 12.3. The number of hydrogen-bond acceptors (Lipinski definition) is 7. The van der Waals surface area contributed by atoms with Crippen molar-refractivity contribution < 1.29 is 9.47 Å². The van der Waals surface area contributed by atoms with Gasteiger partial charge in [0.15, 0.2) is 23.4 Å². The number of para-hydroxylation sites is 2. The Labute approximate surface area is 211 Å². The largest absolute Gasteiger partial charge is 0.486 e. The lowest BCUT2D eigenvalue weighted by Gasteiger charge is -2.26. The first-order chi connectivity index (χ1) is 17.2. The predicted molar refractivity (Wildman–Crippen MR) is 138 cm³/mol. The van der Waals surface area contributed by atoms with E-state index in [2.05, 4.69) is 44.2 Å². The van der Waals surface area contributed by atoms with Gasteiger partial charge in [-0.2, -0.15) is 5.10 Å². The van der Waals surface area contributed by atoms with E-state index < -0.39 is 0 Å². The zero-order chi connectivity index (χ0) is 25.3. The van der Waals surface area contributed by atoms with Crippen LogP contribution in [-0.4, -0.2) is 47.8 Å². The molecule has 0 saturated heterocycles. The van der Waals surface area contributed by atoms with Crippen molar-refractivity contribution in [3.8, 4) is 23.0 Å². The van der Waals surface area contributed by atoms with Gasteiger partial charge in [-0.1, -0.05) is 18.2 Å². The third kappa shape index (κ3) is 5.50. The molecule has 1 aliphatic rings. The Morgan fingerprint density at radius 3 is 2.53 bits per heavy atom. The summed E-state index contributed by atoms with van der Waals surface area (Å²) in [6, 6.07) is 15.7. The summed E-state index contributed by atoms with van der Waals surface area (Å²) in [4.78, 5) is 9.68. The highest BCUT2D eigenvalue weighted by atomic mass is 16.6. The second kappa shape index (κ2) is 9.64. The van der Waals surface area contributed by atoms with Gasteiger partial charge in [-0.15, -0.1) is 5.10 Å². The zero-order valence-electron chi connectivity index (χ0n) is 21.5. The summed E-state index contributed by atoms with van der Waals surface area (Å²) in [7, 11) is 0. The molecule has 188 valence electrons. The minimum absolute atomic E-state index is 0.0993. The molecule has 5 rings (SSSR count). The van der Waals surface area contributed by atoms with Crippen LogP contribution in [-0.2, 0) is 19.5 Å². The minimum atomic E-state index is -0.177. The summed E-state index contributed by atoms with van der Waals surface area (Å²) in [5.74, 6) is 3.76. The maximum atomic E-state index is 6.21. The summed E-state index contributed by atoms with van der Waals surface area (Å²) >= 11 is 0. The van der Waals surface area contributed by atoms with Gasteiger partial charge in [0.25, 0.3) is 0 Å². The lowest BCUT2D eigenvalue weighted by molar-refractivity contribution is 0.0751. The highest BCUT2D eigenvalue weighted by molar-refractivity contribution is 5.53. The SMILES string of the molecule is Cc1cc(C)n(CCc2nc(-c3cccc(NC(C)(C)C)n3)nn2CC2COc3ccccc3O2)n1. The van der Waals surface area contributed by atoms with Gasteiger partial charge in [-0.05, 0) is 65.0 Å². The summed E-state index contributed by atoms with van der Waals surface area (Å²) < 4.78 is 16.1. The van der Waals surface area contributed by atoms with Gasteiger partial charge in [-0.25, -0.2) is 14.6 Å². The van der Waals surface area contributed by atoms with Crippen molar-refractivity contribution in [2.75, 3.05) is 11.9 Å². The van der Waals surface area contributed by atoms with Crippen molar-refractivity contribution in [3.63, 3.8) is 0 Å². The second-order valence-corrected chi connectivity index (χ2v) is 10.2. The highest BCUT2D eigenvalue weighted by Crippen LogP contribution is 2.31. The lowest BCUT2D eigenvalue weighted by Crippen LogP contribution is -2.34. The normalized spacial score (nSPS) is 15.2. The molecule has 4 aromatic rings. The van der Waals surface area contributed by atoms with E-state index in [9.17, 15) is 0 Å². The van der Waals surface area contributed by atoms with Crippen LogP contribution in [0, 0.1) is 13.8 Å². The average Bonchev–Trinajstić information content (AvgIpc) is 3.38. The first-order valence-corrected chi connectivity index (χ1v) is 12.3. The third-order valence-corrected chi connectivity index (χ3v) is 5.82. The molecule has 0 radical (unpaired) electrons. The van der Waals surface area contributed by atoms with Crippen molar-refractivity contribution in [1.82, 2.24) is 29.5 Å². The molecule has 0 spiro atoms. The summed E-state index contributed by atoms with van der Waals surface area (Å²) in [6.45, 7) is 12.1. The minimum Gasteiger partial charge on any atom is -0.486 e. The predicted octanol–water partition coefficient (Wildman–Crippen LogP) is 4.45. The van der Waals surface area contributed by atoms with Crippen molar-refractivity contribution in [3.05, 3.63) is 65.7 Å². The van der Waals surface area contributed by atoms with Gasteiger partial charge in [0, 0.05) is 24.2 Å². The van der Waals surface area contributed by atoms with E-state index in [-0.39, 0.29) is 11.6 Å². The van der Waals surface area contributed by atoms with Gasteiger partial charge < -0.3 is 14.8 Å². The lowest BCUT2D eigenvalue weighted by atomic mass is 10.1. The number of nitrogens with zero attached hydrogens (tertiary/aromatic N) is 6. The molecule has 1 aliphatic heterocycles. The number of ether oxygens (including phenoxy) is 2. The molecule has 1 aromatic carbocycles. The molecule has 0 saturated carbocycles. The maximum absolute atomic E-state index is 6.21. The van der Waals surface area contributed by atoms with Gasteiger partial charge in [0.05, 0.1) is 12.2 Å². The quantitative estimate of drug-likeness (QED) is 0.412. The van der Waals surface area contributed by atoms with Crippen molar-refractivity contribution >= 4 is 5.82 Å². The topological polar surface area (TPSA) is 91.9 Å². The van der Waals surface area contributed by atoms with Crippen LogP contribution in [0.3, 0.4) is 0 Å². The number of benzene rings is 1. The molecule has 0 amide bonds. The molecule has 1 unspecified atom stereocenters. The number of anilines is 1. The molecule has 9 heteroatoms. The summed E-state index contributed by atoms with van der Waals surface area (Å²) in [6.07, 6.45) is 0.503. The van der Waals surface area contributed by atoms with Gasteiger partial charge in [0.1, 0.15) is 23.9 Å². The van der Waals surface area contributed by atoms with Crippen molar-refractivity contribution in [1.29, 1.82) is 0 Å². The van der Waals surface area contributed by atoms with Crippen molar-refractivity contribution in [2.24, 2.45) is 0 Å². The Morgan fingerprint density at radius 2 is 1.78 bits per heavy atom. The smallest absolute Gasteiger partial charge is 0.200 e. The molecule has 36 heavy (non-hydrogen) atoms. The van der Waals surface area contributed by atoms with Gasteiger partial charge in [0.2, 0.25) is 0 Å². The van der Waals surface area contributed by atoms with Crippen molar-refractivity contribution in [2.45, 2.75) is 65.8 Å². The molecular weight excluding hydrogens is 454 g/mol. The zero-order valence-corrected chi connectivity index (χ0v) is 21.5. The molecule has 3 aromatic heterocycles. The van der Waals surface area contributed by atoms with Crippen LogP contribution in [0.2, 0.25) is 0 Å². The van der Waals surface area contributed by atoms with E-state index in [1.54, 1.807) is 0 Å². The number of aryl methyl sites for hydroxylation is 4. The van der Waals surface area contributed by atoms with E-state index in [0.717, 1.165) is 40.2 Å². The third-order valence-electron chi connectivity index (χ3n) is 5.82. The fourth-order valence-corrected chi connectivity index (χ4v) is 4.28. The number of pyridine rings is 1. The van der Waals surface area contributed by atoms with Crippen LogP contribution in [0.15, 0.2) is 48.5 Å². The van der Waals surface area contributed by atoms with Crippen LogP contribution in [0.25, 0.3) is 11.5 Å².